The molecule has 1 aliphatic carbocycles. The van der Waals surface area contributed by atoms with Crippen molar-refractivity contribution in [2.45, 2.75) is 32.4 Å². The smallest absolute Gasteiger partial charge is 0.317 e. The molecule has 2 amide bonds. The highest BCUT2D eigenvalue weighted by Crippen LogP contribution is 2.41. The van der Waals surface area contributed by atoms with Crippen molar-refractivity contribution in [3.63, 3.8) is 0 Å². The van der Waals surface area contributed by atoms with E-state index in [4.69, 9.17) is 0 Å². The predicted octanol–water partition coefficient (Wildman–Crippen LogP) is 2.65. The lowest BCUT2D eigenvalue weighted by atomic mass is 9.80. The summed E-state index contributed by atoms with van der Waals surface area (Å²) in [5.74, 6) is 0. The Morgan fingerprint density at radius 2 is 2.15 bits per heavy atom. The van der Waals surface area contributed by atoms with Gasteiger partial charge in [-0.15, -0.1) is 0 Å². The minimum Gasteiger partial charge on any atom is -0.352 e. The first kappa shape index (κ1) is 17.8. The topological polar surface area (TPSA) is 68.4 Å². The maximum absolute atomic E-state index is 12.5. The lowest BCUT2D eigenvalue weighted by molar-refractivity contribution is 0.111. The number of urea groups is 1. The molecular weight excluding hydrogens is 340 g/mol. The maximum Gasteiger partial charge on any atom is 0.317 e. The van der Waals surface area contributed by atoms with E-state index in [0.29, 0.717) is 18.8 Å². The molecule has 0 spiro atoms. The van der Waals surface area contributed by atoms with Crippen molar-refractivity contribution >= 4 is 28.8 Å². The van der Waals surface area contributed by atoms with Crippen molar-refractivity contribution < 1.29 is 9.59 Å². The molecule has 0 bridgehead atoms. The third kappa shape index (κ3) is 2.84. The largest absolute Gasteiger partial charge is 0.352 e. The Kier molecular flexibility index (Phi) is 4.52. The molecule has 0 radical (unpaired) electrons. The normalized spacial score (nSPS) is 21.5. The van der Waals surface area contributed by atoms with Crippen LogP contribution in [-0.4, -0.2) is 65.9 Å². The van der Waals surface area contributed by atoms with Gasteiger partial charge in [0.05, 0.1) is 11.7 Å². The van der Waals surface area contributed by atoms with Crippen molar-refractivity contribution in [1.29, 1.82) is 0 Å². The van der Waals surface area contributed by atoms with Crippen LogP contribution in [0.1, 0.15) is 35.5 Å². The Labute approximate surface area is 159 Å². The minimum atomic E-state index is -0.0318. The Morgan fingerprint density at radius 3 is 2.85 bits per heavy atom. The molecule has 6 heteroatoms. The fourth-order valence-corrected chi connectivity index (χ4v) is 4.52. The number of H-pyrrole nitrogens is 1. The van der Waals surface area contributed by atoms with Gasteiger partial charge in [-0.25, -0.2) is 4.79 Å². The van der Waals surface area contributed by atoms with Crippen LogP contribution in [0.3, 0.4) is 0 Å². The van der Waals surface area contributed by atoms with Gasteiger partial charge in [0, 0.05) is 36.6 Å². The monoisotopic (exact) mass is 366 g/mol. The Balaban J connectivity index is 1.74. The van der Waals surface area contributed by atoms with E-state index < -0.39 is 0 Å². The minimum absolute atomic E-state index is 0.0201. The molecular formula is C21H26N4O2. The van der Waals surface area contributed by atoms with Gasteiger partial charge < -0.3 is 15.2 Å². The van der Waals surface area contributed by atoms with Gasteiger partial charge in [0.25, 0.3) is 0 Å². The lowest BCUT2D eigenvalue weighted by Crippen LogP contribution is -2.52. The SMILES string of the molecule is CCN(CC)C(=O)N[C@H]1C=C2c3cccc4[nH]c(C=O)c(c34)C[C@H]2N(C)C1. The first-order valence-electron chi connectivity index (χ1n) is 9.63. The lowest BCUT2D eigenvalue weighted by Gasteiger charge is -2.40. The van der Waals surface area contributed by atoms with E-state index in [1.165, 1.54) is 5.57 Å². The van der Waals surface area contributed by atoms with Crippen LogP contribution in [0, 0.1) is 0 Å². The van der Waals surface area contributed by atoms with Crippen LogP contribution in [0.2, 0.25) is 0 Å². The van der Waals surface area contributed by atoms with Gasteiger partial charge in [0.1, 0.15) is 0 Å². The summed E-state index contributed by atoms with van der Waals surface area (Å²) in [5, 5.41) is 4.31. The van der Waals surface area contributed by atoms with Crippen molar-refractivity contribution in [1.82, 2.24) is 20.1 Å². The number of likely N-dealkylation sites (N-methyl/N-ethyl adjacent to an activating group) is 1. The fourth-order valence-electron chi connectivity index (χ4n) is 4.52. The van der Waals surface area contributed by atoms with Crippen molar-refractivity contribution in [2.75, 3.05) is 26.7 Å². The first-order chi connectivity index (χ1) is 13.1. The molecule has 0 saturated carbocycles. The summed E-state index contributed by atoms with van der Waals surface area (Å²) in [4.78, 5) is 31.3. The molecule has 1 aliphatic heterocycles. The van der Waals surface area contributed by atoms with Gasteiger partial charge in [0.15, 0.2) is 6.29 Å². The molecule has 142 valence electrons. The molecule has 0 saturated heterocycles. The number of carbonyl (C=O) groups excluding carboxylic acids is 2. The summed E-state index contributed by atoms with van der Waals surface area (Å²) in [6.07, 6.45) is 3.94. The highest BCUT2D eigenvalue weighted by Gasteiger charge is 2.35. The number of amides is 2. The van der Waals surface area contributed by atoms with Crippen molar-refractivity contribution in [3.8, 4) is 0 Å². The molecule has 2 atom stereocenters. The molecule has 2 heterocycles. The number of aromatic amines is 1. The van der Waals surface area contributed by atoms with Crippen LogP contribution in [-0.2, 0) is 6.42 Å². The second-order valence-electron chi connectivity index (χ2n) is 7.37. The second-order valence-corrected chi connectivity index (χ2v) is 7.37. The van der Waals surface area contributed by atoms with E-state index in [1.807, 2.05) is 26.0 Å². The number of carbonyl (C=O) groups is 2. The highest BCUT2D eigenvalue weighted by atomic mass is 16.2. The fraction of sp³-hybridized carbons (Fsp3) is 0.429. The van der Waals surface area contributed by atoms with E-state index in [2.05, 4.69) is 34.4 Å². The standard InChI is InChI=1S/C21H26N4O2/c1-4-25(5-2)21(27)22-13-9-15-14-7-6-8-17-20(14)16(18(12-26)23-17)10-19(15)24(3)11-13/h6-9,12-13,19,23H,4-5,10-11H2,1-3H3,(H,22,27)/t13-,19+/m0/s1. The van der Waals surface area contributed by atoms with Gasteiger partial charge in [-0.2, -0.15) is 0 Å². The van der Waals surface area contributed by atoms with Gasteiger partial charge in [-0.3, -0.25) is 9.69 Å². The predicted molar refractivity (Wildman–Crippen MR) is 107 cm³/mol. The van der Waals surface area contributed by atoms with E-state index in [9.17, 15) is 9.59 Å². The summed E-state index contributed by atoms with van der Waals surface area (Å²) in [5.41, 5.74) is 5.19. The number of nitrogens with zero attached hydrogens (tertiary/aromatic N) is 2. The number of nitrogens with one attached hydrogen (secondary N) is 2. The molecule has 4 rings (SSSR count). The van der Waals surface area contributed by atoms with Crippen LogP contribution in [0.25, 0.3) is 16.5 Å². The average Bonchev–Trinajstić information content (AvgIpc) is 3.03. The molecule has 27 heavy (non-hydrogen) atoms. The van der Waals surface area contributed by atoms with Crippen LogP contribution in [0.4, 0.5) is 4.79 Å². The van der Waals surface area contributed by atoms with Gasteiger partial charge in [-0.1, -0.05) is 18.2 Å². The third-order valence-electron chi connectivity index (χ3n) is 5.90. The summed E-state index contributed by atoms with van der Waals surface area (Å²) in [6, 6.07) is 6.33. The number of hydrogen-bond acceptors (Lipinski definition) is 3. The molecule has 1 aromatic heterocycles. The third-order valence-corrected chi connectivity index (χ3v) is 5.90. The molecule has 2 aromatic rings. The number of aldehydes is 1. The number of rotatable bonds is 4. The molecule has 0 unspecified atom stereocenters. The number of aromatic nitrogens is 1. The summed E-state index contributed by atoms with van der Waals surface area (Å²) in [7, 11) is 2.09. The maximum atomic E-state index is 12.5. The van der Waals surface area contributed by atoms with Crippen molar-refractivity contribution in [2.24, 2.45) is 0 Å². The van der Waals surface area contributed by atoms with E-state index >= 15 is 0 Å². The zero-order valence-electron chi connectivity index (χ0n) is 16.1. The summed E-state index contributed by atoms with van der Waals surface area (Å²) < 4.78 is 0. The van der Waals surface area contributed by atoms with Gasteiger partial charge in [0.2, 0.25) is 0 Å². The van der Waals surface area contributed by atoms with Crippen LogP contribution in [0.15, 0.2) is 24.3 Å². The van der Waals surface area contributed by atoms with Crippen molar-refractivity contribution in [3.05, 3.63) is 41.1 Å². The molecule has 2 N–H and O–H groups in total. The molecule has 0 fully saturated rings. The van der Waals surface area contributed by atoms with E-state index in [-0.39, 0.29) is 18.1 Å². The van der Waals surface area contributed by atoms with Crippen LogP contribution >= 0.6 is 0 Å². The average molecular weight is 366 g/mol. The zero-order chi connectivity index (χ0) is 19.1. The number of hydrogen-bond donors (Lipinski definition) is 2. The van der Waals surface area contributed by atoms with Crippen LogP contribution < -0.4 is 5.32 Å². The van der Waals surface area contributed by atoms with Crippen LogP contribution in [0.5, 0.6) is 0 Å². The zero-order valence-corrected chi connectivity index (χ0v) is 16.1. The Bertz CT molecular complexity index is 926. The highest BCUT2D eigenvalue weighted by molar-refractivity contribution is 6.02. The van der Waals surface area contributed by atoms with Gasteiger partial charge >= 0.3 is 6.03 Å². The number of benzene rings is 1. The second kappa shape index (κ2) is 6.85. The van der Waals surface area contributed by atoms with E-state index in [1.54, 1.807) is 4.90 Å². The molecule has 1 aromatic carbocycles. The quantitative estimate of drug-likeness (QED) is 0.818. The van der Waals surface area contributed by atoms with Gasteiger partial charge in [-0.05, 0) is 50.1 Å². The molecule has 2 aliphatic rings. The Morgan fingerprint density at radius 1 is 1.37 bits per heavy atom. The number of fused-ring (bicyclic) bond motifs is 2. The summed E-state index contributed by atoms with van der Waals surface area (Å²) in [6.45, 7) is 6.14. The first-order valence-corrected chi connectivity index (χ1v) is 9.63. The van der Waals surface area contributed by atoms with E-state index in [0.717, 1.165) is 41.3 Å². The Hall–Kier alpha value is -2.60. The molecule has 6 nitrogen and oxygen atoms in total. The summed E-state index contributed by atoms with van der Waals surface area (Å²) >= 11 is 0.